The minimum Gasteiger partial charge on any atom is -0.343 e. The summed E-state index contributed by atoms with van der Waals surface area (Å²) in [4.78, 5) is 6.58. The number of hydrogen-bond donors (Lipinski definition) is 1. The van der Waals surface area contributed by atoms with E-state index in [2.05, 4.69) is 41.1 Å². The van der Waals surface area contributed by atoms with Gasteiger partial charge in [0.2, 0.25) is 6.39 Å². The van der Waals surface area contributed by atoms with Crippen molar-refractivity contribution >= 4 is 0 Å². The highest BCUT2D eigenvalue weighted by Crippen LogP contribution is 2.21. The SMILES string of the molecule is CC(C)(C)C1CN(CCc2ncon2)CCCN1. The molecule has 5 heteroatoms. The van der Waals surface area contributed by atoms with Crippen LogP contribution in [0.3, 0.4) is 0 Å². The van der Waals surface area contributed by atoms with Crippen molar-refractivity contribution in [1.82, 2.24) is 20.4 Å². The van der Waals surface area contributed by atoms with Crippen molar-refractivity contribution < 1.29 is 4.52 Å². The largest absolute Gasteiger partial charge is 0.343 e. The first-order valence-corrected chi connectivity index (χ1v) is 6.77. The lowest BCUT2D eigenvalue weighted by Crippen LogP contribution is -2.46. The molecule has 0 amide bonds. The van der Waals surface area contributed by atoms with Crippen LogP contribution in [0.15, 0.2) is 10.9 Å². The summed E-state index contributed by atoms with van der Waals surface area (Å²) in [5, 5.41) is 7.52. The lowest BCUT2D eigenvalue weighted by molar-refractivity contribution is 0.197. The third-order valence-electron chi connectivity index (χ3n) is 3.59. The van der Waals surface area contributed by atoms with Crippen molar-refractivity contribution in [2.75, 3.05) is 26.2 Å². The Morgan fingerprint density at radius 2 is 2.33 bits per heavy atom. The van der Waals surface area contributed by atoms with Crippen LogP contribution in [0, 0.1) is 5.41 Å². The van der Waals surface area contributed by atoms with Gasteiger partial charge in [-0.1, -0.05) is 25.9 Å². The molecule has 2 heterocycles. The molecule has 0 saturated carbocycles. The van der Waals surface area contributed by atoms with Crippen LogP contribution in [0.1, 0.15) is 33.0 Å². The van der Waals surface area contributed by atoms with E-state index in [0.717, 1.165) is 38.4 Å². The maximum atomic E-state index is 4.76. The molecule has 1 aromatic heterocycles. The van der Waals surface area contributed by atoms with Crippen molar-refractivity contribution in [2.24, 2.45) is 5.41 Å². The van der Waals surface area contributed by atoms with Gasteiger partial charge in [0.1, 0.15) is 0 Å². The van der Waals surface area contributed by atoms with Crippen molar-refractivity contribution in [3.63, 3.8) is 0 Å². The number of rotatable bonds is 3. The van der Waals surface area contributed by atoms with Crippen LogP contribution >= 0.6 is 0 Å². The molecule has 1 saturated heterocycles. The van der Waals surface area contributed by atoms with Gasteiger partial charge in [-0.2, -0.15) is 4.98 Å². The summed E-state index contributed by atoms with van der Waals surface area (Å²) in [5.41, 5.74) is 0.300. The molecule has 2 rings (SSSR count). The number of hydrogen-bond acceptors (Lipinski definition) is 5. The first-order valence-electron chi connectivity index (χ1n) is 6.77. The van der Waals surface area contributed by atoms with Crippen LogP contribution < -0.4 is 5.32 Å². The summed E-state index contributed by atoms with van der Waals surface area (Å²) in [5.74, 6) is 0.805. The van der Waals surface area contributed by atoms with Gasteiger partial charge in [-0.15, -0.1) is 0 Å². The molecule has 1 fully saturated rings. The average Bonchev–Trinajstić information content (AvgIpc) is 2.69. The average molecular weight is 252 g/mol. The molecule has 1 aliphatic rings. The van der Waals surface area contributed by atoms with E-state index in [1.807, 2.05) is 0 Å². The van der Waals surface area contributed by atoms with E-state index in [0.29, 0.717) is 11.5 Å². The van der Waals surface area contributed by atoms with Crippen LogP contribution in [-0.4, -0.2) is 47.3 Å². The molecule has 0 spiro atoms. The summed E-state index contributed by atoms with van der Waals surface area (Å²) in [6.07, 6.45) is 3.48. The molecule has 1 aromatic rings. The number of aromatic nitrogens is 2. The second kappa shape index (κ2) is 5.80. The zero-order chi connectivity index (χ0) is 13.0. The standard InChI is InChI=1S/C13H24N4O/c1-13(2,3)11-9-17(7-4-6-14-11)8-5-12-15-10-18-16-12/h10-11,14H,4-9H2,1-3H3. The van der Waals surface area contributed by atoms with Crippen molar-refractivity contribution in [3.8, 4) is 0 Å². The van der Waals surface area contributed by atoms with E-state index >= 15 is 0 Å². The summed E-state index contributed by atoms with van der Waals surface area (Å²) in [6.45, 7) is 11.3. The molecular formula is C13H24N4O. The Kier molecular flexibility index (Phi) is 4.35. The third kappa shape index (κ3) is 3.78. The molecule has 5 nitrogen and oxygen atoms in total. The molecule has 0 aliphatic carbocycles. The quantitative estimate of drug-likeness (QED) is 0.879. The fourth-order valence-corrected chi connectivity index (χ4v) is 2.34. The minimum atomic E-state index is 0.300. The van der Waals surface area contributed by atoms with Crippen LogP contribution in [0.2, 0.25) is 0 Å². The second-order valence-electron chi connectivity index (χ2n) is 6.12. The molecule has 1 atom stereocenters. The fraction of sp³-hybridized carbons (Fsp3) is 0.846. The van der Waals surface area contributed by atoms with Crippen molar-refractivity contribution in [2.45, 2.75) is 39.7 Å². The normalized spacial score (nSPS) is 22.9. The lowest BCUT2D eigenvalue weighted by Gasteiger charge is -2.33. The van der Waals surface area contributed by atoms with E-state index in [1.165, 1.54) is 12.8 Å². The topological polar surface area (TPSA) is 54.2 Å². The second-order valence-corrected chi connectivity index (χ2v) is 6.12. The van der Waals surface area contributed by atoms with Gasteiger partial charge >= 0.3 is 0 Å². The van der Waals surface area contributed by atoms with Gasteiger partial charge in [-0.25, -0.2) is 0 Å². The third-order valence-corrected chi connectivity index (χ3v) is 3.59. The highest BCUT2D eigenvalue weighted by atomic mass is 16.5. The summed E-state index contributed by atoms with van der Waals surface area (Å²) in [6, 6.07) is 0.547. The fourth-order valence-electron chi connectivity index (χ4n) is 2.34. The molecule has 0 aromatic carbocycles. The first-order chi connectivity index (χ1) is 8.55. The van der Waals surface area contributed by atoms with E-state index < -0.39 is 0 Å². The van der Waals surface area contributed by atoms with Gasteiger partial charge in [0.15, 0.2) is 5.82 Å². The van der Waals surface area contributed by atoms with Gasteiger partial charge in [0, 0.05) is 25.6 Å². The van der Waals surface area contributed by atoms with E-state index in [1.54, 1.807) is 0 Å². The Morgan fingerprint density at radius 1 is 1.50 bits per heavy atom. The van der Waals surface area contributed by atoms with Crippen LogP contribution in [-0.2, 0) is 6.42 Å². The zero-order valence-electron chi connectivity index (χ0n) is 11.6. The van der Waals surface area contributed by atoms with Crippen LogP contribution in [0.4, 0.5) is 0 Å². The lowest BCUT2D eigenvalue weighted by atomic mass is 9.86. The molecule has 0 bridgehead atoms. The number of nitrogens with zero attached hydrogens (tertiary/aromatic N) is 3. The molecule has 102 valence electrons. The summed E-state index contributed by atoms with van der Waals surface area (Å²) >= 11 is 0. The smallest absolute Gasteiger partial charge is 0.213 e. The van der Waals surface area contributed by atoms with Gasteiger partial charge in [0.05, 0.1) is 0 Å². The molecule has 1 aliphatic heterocycles. The van der Waals surface area contributed by atoms with E-state index in [9.17, 15) is 0 Å². The Labute approximate surface area is 109 Å². The van der Waals surface area contributed by atoms with Crippen molar-refractivity contribution in [1.29, 1.82) is 0 Å². The minimum absolute atomic E-state index is 0.300. The monoisotopic (exact) mass is 252 g/mol. The molecule has 0 radical (unpaired) electrons. The predicted molar refractivity (Wildman–Crippen MR) is 70.3 cm³/mol. The highest BCUT2D eigenvalue weighted by Gasteiger charge is 2.27. The molecular weight excluding hydrogens is 228 g/mol. The maximum Gasteiger partial charge on any atom is 0.213 e. The molecule has 1 N–H and O–H groups in total. The number of nitrogens with one attached hydrogen (secondary N) is 1. The van der Waals surface area contributed by atoms with Crippen molar-refractivity contribution in [3.05, 3.63) is 12.2 Å². The van der Waals surface area contributed by atoms with Gasteiger partial charge < -0.3 is 14.7 Å². The van der Waals surface area contributed by atoms with Gasteiger partial charge in [-0.3, -0.25) is 0 Å². The Hall–Kier alpha value is -0.940. The maximum absolute atomic E-state index is 4.76. The molecule has 18 heavy (non-hydrogen) atoms. The Bertz CT molecular complexity index is 344. The van der Waals surface area contributed by atoms with Crippen LogP contribution in [0.25, 0.3) is 0 Å². The van der Waals surface area contributed by atoms with E-state index in [4.69, 9.17) is 4.52 Å². The highest BCUT2D eigenvalue weighted by molar-refractivity contribution is 4.87. The summed E-state index contributed by atoms with van der Waals surface area (Å²) in [7, 11) is 0. The Morgan fingerprint density at radius 3 is 3.00 bits per heavy atom. The van der Waals surface area contributed by atoms with Gasteiger partial charge in [0.25, 0.3) is 0 Å². The first kappa shape index (κ1) is 13.5. The zero-order valence-corrected chi connectivity index (χ0v) is 11.6. The van der Waals surface area contributed by atoms with E-state index in [-0.39, 0.29) is 0 Å². The Balaban J connectivity index is 1.87. The van der Waals surface area contributed by atoms with Gasteiger partial charge in [-0.05, 0) is 24.9 Å². The predicted octanol–water partition coefficient (Wildman–Crippen LogP) is 1.32. The molecule has 1 unspecified atom stereocenters. The summed E-state index contributed by atoms with van der Waals surface area (Å²) < 4.78 is 4.76. The van der Waals surface area contributed by atoms with Crippen LogP contribution in [0.5, 0.6) is 0 Å².